The van der Waals surface area contributed by atoms with Gasteiger partial charge in [-0.15, -0.1) is 0 Å². The van der Waals surface area contributed by atoms with E-state index >= 15 is 0 Å². The fraction of sp³-hybridized carbons (Fsp3) is 0.409. The predicted molar refractivity (Wildman–Crippen MR) is 112 cm³/mol. The Labute approximate surface area is 170 Å². The second-order valence-electron chi connectivity index (χ2n) is 6.80. The van der Waals surface area contributed by atoms with E-state index in [9.17, 15) is 10.1 Å². The Morgan fingerprint density at radius 2 is 2.11 bits per heavy atom. The molecule has 0 bridgehead atoms. The molecule has 0 saturated heterocycles. The van der Waals surface area contributed by atoms with Gasteiger partial charge in [0, 0.05) is 5.69 Å². The van der Waals surface area contributed by atoms with Crippen molar-refractivity contribution in [2.45, 2.75) is 56.2 Å². The number of aryl methyl sites for hydroxylation is 2. The van der Waals surface area contributed by atoms with E-state index in [1.165, 1.54) is 23.7 Å². The minimum atomic E-state index is -0.391. The molecule has 0 fully saturated rings. The number of carbonyl (C=O) groups is 1. The molecule has 2 aromatic rings. The first-order valence-electron chi connectivity index (χ1n) is 9.74. The van der Waals surface area contributed by atoms with Crippen LogP contribution < -0.4 is 10.1 Å². The molecule has 1 N–H and O–H groups in total. The summed E-state index contributed by atoms with van der Waals surface area (Å²) in [7, 11) is 0. The SMILES string of the molecule is CCOc1ccccc1NC(=O)C(C)Sc1nc2c(cc1C#N)CCCCC2. The van der Waals surface area contributed by atoms with Crippen molar-refractivity contribution in [1.29, 1.82) is 5.26 Å². The van der Waals surface area contributed by atoms with E-state index in [2.05, 4.69) is 11.4 Å². The van der Waals surface area contributed by atoms with E-state index in [1.54, 1.807) is 0 Å². The van der Waals surface area contributed by atoms with E-state index in [-0.39, 0.29) is 5.91 Å². The molecule has 3 rings (SSSR count). The van der Waals surface area contributed by atoms with Gasteiger partial charge in [0.1, 0.15) is 16.8 Å². The molecule has 1 aliphatic carbocycles. The second kappa shape index (κ2) is 9.61. The minimum absolute atomic E-state index is 0.141. The van der Waals surface area contributed by atoms with Crippen LogP contribution in [0.15, 0.2) is 35.4 Å². The fourth-order valence-corrected chi connectivity index (χ4v) is 4.16. The van der Waals surface area contributed by atoms with E-state index in [4.69, 9.17) is 9.72 Å². The smallest absolute Gasteiger partial charge is 0.237 e. The van der Waals surface area contributed by atoms with Crippen molar-refractivity contribution in [3.05, 3.63) is 47.2 Å². The van der Waals surface area contributed by atoms with Crippen molar-refractivity contribution in [3.63, 3.8) is 0 Å². The number of benzene rings is 1. The zero-order valence-corrected chi connectivity index (χ0v) is 17.1. The molecule has 5 nitrogen and oxygen atoms in total. The first-order chi connectivity index (χ1) is 13.6. The maximum Gasteiger partial charge on any atom is 0.237 e. The average Bonchev–Trinajstić information content (AvgIpc) is 2.93. The number of pyridine rings is 1. The predicted octanol–water partition coefficient (Wildman–Crippen LogP) is 4.74. The summed E-state index contributed by atoms with van der Waals surface area (Å²) in [6.45, 7) is 4.27. The molecule has 1 aromatic carbocycles. The van der Waals surface area contributed by atoms with Crippen molar-refractivity contribution in [1.82, 2.24) is 4.98 Å². The van der Waals surface area contributed by atoms with Crippen molar-refractivity contribution in [2.75, 3.05) is 11.9 Å². The third kappa shape index (κ3) is 4.85. The molecule has 1 heterocycles. The molecule has 146 valence electrons. The van der Waals surface area contributed by atoms with Gasteiger partial charge >= 0.3 is 0 Å². The number of aromatic nitrogens is 1. The molecule has 1 aromatic heterocycles. The Kier molecular flexibility index (Phi) is 6.94. The number of amides is 1. The van der Waals surface area contributed by atoms with Gasteiger partial charge in [0.2, 0.25) is 5.91 Å². The number of nitrogens with one attached hydrogen (secondary N) is 1. The van der Waals surface area contributed by atoms with Crippen LogP contribution in [0.1, 0.15) is 49.9 Å². The maximum atomic E-state index is 12.7. The lowest BCUT2D eigenvalue weighted by Gasteiger charge is -2.16. The highest BCUT2D eigenvalue weighted by Crippen LogP contribution is 2.31. The molecule has 1 aliphatic rings. The number of ether oxygens (including phenoxy) is 1. The number of rotatable bonds is 6. The average molecular weight is 396 g/mol. The zero-order chi connectivity index (χ0) is 19.9. The summed E-state index contributed by atoms with van der Waals surface area (Å²) in [5.74, 6) is 0.509. The number of carbonyl (C=O) groups excluding carboxylic acids is 1. The first kappa shape index (κ1) is 20.2. The van der Waals surface area contributed by atoms with Gasteiger partial charge in [0.05, 0.1) is 23.1 Å². The van der Waals surface area contributed by atoms with Gasteiger partial charge in [-0.25, -0.2) is 4.98 Å². The van der Waals surface area contributed by atoms with Crippen LogP contribution in [0.4, 0.5) is 5.69 Å². The molecule has 0 spiro atoms. The molecule has 6 heteroatoms. The third-order valence-electron chi connectivity index (χ3n) is 4.74. The molecular weight excluding hydrogens is 370 g/mol. The van der Waals surface area contributed by atoms with Crippen LogP contribution in [0.2, 0.25) is 0 Å². The van der Waals surface area contributed by atoms with Crippen LogP contribution in [0.25, 0.3) is 0 Å². The summed E-state index contributed by atoms with van der Waals surface area (Å²) in [5, 5.41) is 12.7. The van der Waals surface area contributed by atoms with Crippen molar-refractivity contribution >= 4 is 23.4 Å². The van der Waals surface area contributed by atoms with Crippen LogP contribution in [0.3, 0.4) is 0 Å². The Bertz CT molecular complexity index is 892. The number of nitrogens with zero attached hydrogens (tertiary/aromatic N) is 2. The van der Waals surface area contributed by atoms with Crippen LogP contribution in [-0.2, 0) is 17.6 Å². The van der Waals surface area contributed by atoms with Crippen LogP contribution in [-0.4, -0.2) is 22.7 Å². The van der Waals surface area contributed by atoms with Crippen molar-refractivity contribution in [2.24, 2.45) is 0 Å². The monoisotopic (exact) mass is 395 g/mol. The number of hydrogen-bond donors (Lipinski definition) is 1. The molecule has 0 saturated carbocycles. The highest BCUT2D eigenvalue weighted by Gasteiger charge is 2.21. The lowest BCUT2D eigenvalue weighted by molar-refractivity contribution is -0.115. The minimum Gasteiger partial charge on any atom is -0.492 e. The molecule has 1 amide bonds. The van der Waals surface area contributed by atoms with E-state index in [1.807, 2.05) is 44.2 Å². The topological polar surface area (TPSA) is 75.0 Å². The van der Waals surface area contributed by atoms with Crippen LogP contribution in [0.5, 0.6) is 5.75 Å². The molecule has 0 aliphatic heterocycles. The number of thioether (sulfide) groups is 1. The molecular formula is C22H25N3O2S. The first-order valence-corrected chi connectivity index (χ1v) is 10.6. The molecule has 1 unspecified atom stereocenters. The Balaban J connectivity index is 1.75. The van der Waals surface area contributed by atoms with E-state index in [0.29, 0.717) is 28.6 Å². The summed E-state index contributed by atoms with van der Waals surface area (Å²) >= 11 is 1.33. The molecule has 1 atom stereocenters. The Morgan fingerprint density at radius 1 is 1.32 bits per heavy atom. The lowest BCUT2D eigenvalue weighted by Crippen LogP contribution is -2.23. The quantitative estimate of drug-likeness (QED) is 0.565. The van der Waals surface area contributed by atoms with Gasteiger partial charge in [-0.05, 0) is 63.3 Å². The summed E-state index contributed by atoms with van der Waals surface area (Å²) in [6.07, 6.45) is 5.38. The normalized spacial score (nSPS) is 14.3. The van der Waals surface area contributed by atoms with Gasteiger partial charge in [0.25, 0.3) is 0 Å². The van der Waals surface area contributed by atoms with Gasteiger partial charge in [-0.3, -0.25) is 4.79 Å². The number of hydrogen-bond acceptors (Lipinski definition) is 5. The number of para-hydroxylation sites is 2. The zero-order valence-electron chi connectivity index (χ0n) is 16.3. The Hall–Kier alpha value is -2.52. The second-order valence-corrected chi connectivity index (χ2v) is 8.13. The maximum absolute atomic E-state index is 12.7. The highest BCUT2D eigenvalue weighted by molar-refractivity contribution is 8.00. The highest BCUT2D eigenvalue weighted by atomic mass is 32.2. The number of fused-ring (bicyclic) bond motifs is 1. The summed E-state index contributed by atoms with van der Waals surface area (Å²) in [5.41, 5.74) is 3.46. The fourth-order valence-electron chi connectivity index (χ4n) is 3.27. The molecule has 0 radical (unpaired) electrons. The van der Waals surface area contributed by atoms with Crippen LogP contribution in [0, 0.1) is 11.3 Å². The van der Waals surface area contributed by atoms with E-state index in [0.717, 1.165) is 31.4 Å². The third-order valence-corrected chi connectivity index (χ3v) is 5.84. The van der Waals surface area contributed by atoms with Crippen molar-refractivity contribution in [3.8, 4) is 11.8 Å². The van der Waals surface area contributed by atoms with Crippen molar-refractivity contribution < 1.29 is 9.53 Å². The summed E-state index contributed by atoms with van der Waals surface area (Å²) < 4.78 is 5.57. The summed E-state index contributed by atoms with van der Waals surface area (Å²) in [6, 6.07) is 11.6. The van der Waals surface area contributed by atoms with Gasteiger partial charge < -0.3 is 10.1 Å². The Morgan fingerprint density at radius 3 is 2.89 bits per heavy atom. The lowest BCUT2D eigenvalue weighted by atomic mass is 10.1. The summed E-state index contributed by atoms with van der Waals surface area (Å²) in [4.78, 5) is 17.5. The largest absolute Gasteiger partial charge is 0.492 e. The van der Waals surface area contributed by atoms with E-state index < -0.39 is 5.25 Å². The van der Waals surface area contributed by atoms with Gasteiger partial charge in [-0.2, -0.15) is 5.26 Å². The number of anilines is 1. The van der Waals surface area contributed by atoms with Gasteiger partial charge in [-0.1, -0.05) is 30.3 Å². The molecule has 28 heavy (non-hydrogen) atoms. The van der Waals surface area contributed by atoms with Gasteiger partial charge in [0.15, 0.2) is 0 Å². The standard InChI is InChI=1S/C22H25N3O2S/c1-3-27-20-12-8-7-11-19(20)24-21(26)15(2)28-22-17(14-23)13-16-9-5-4-6-10-18(16)25-22/h7-8,11-13,15H,3-6,9-10H2,1-2H3,(H,24,26). The van der Waals surface area contributed by atoms with Crippen LogP contribution >= 0.6 is 11.8 Å². The number of nitriles is 1.